The van der Waals surface area contributed by atoms with E-state index < -0.39 is 4.92 Å². The van der Waals surface area contributed by atoms with Crippen molar-refractivity contribution in [1.29, 1.82) is 0 Å². The van der Waals surface area contributed by atoms with Gasteiger partial charge in [0.1, 0.15) is 10.7 Å². The van der Waals surface area contributed by atoms with Crippen molar-refractivity contribution in [3.05, 3.63) is 74.3 Å². The number of piperazine rings is 1. The number of para-hydroxylation sites is 2. The Morgan fingerprint density at radius 1 is 0.885 bits per heavy atom. The van der Waals surface area contributed by atoms with Gasteiger partial charge >= 0.3 is 0 Å². The summed E-state index contributed by atoms with van der Waals surface area (Å²) < 4.78 is 0. The van der Waals surface area contributed by atoms with Crippen LogP contribution in [-0.4, -0.2) is 45.9 Å². The van der Waals surface area contributed by atoms with Crippen LogP contribution in [0.2, 0.25) is 0 Å². The van der Waals surface area contributed by atoms with Crippen molar-refractivity contribution in [2.24, 2.45) is 0 Å². The van der Waals surface area contributed by atoms with Gasteiger partial charge in [-0.2, -0.15) is 0 Å². The Balaban J connectivity index is 1.68. The fourth-order valence-corrected chi connectivity index (χ4v) is 3.26. The average Bonchev–Trinajstić information content (AvgIpc) is 2.67. The van der Waals surface area contributed by atoms with Crippen molar-refractivity contribution in [2.45, 2.75) is 0 Å². The highest BCUT2D eigenvalue weighted by Crippen LogP contribution is 2.28. The lowest BCUT2D eigenvalue weighted by molar-refractivity contribution is -0.384. The maximum Gasteiger partial charge on any atom is 0.292 e. The summed E-state index contributed by atoms with van der Waals surface area (Å²) >= 11 is 5.50. The van der Waals surface area contributed by atoms with Crippen LogP contribution in [0.4, 0.5) is 17.1 Å². The number of benzene rings is 2. The van der Waals surface area contributed by atoms with E-state index in [0.29, 0.717) is 36.9 Å². The Morgan fingerprint density at radius 3 is 2.08 bits per heavy atom. The van der Waals surface area contributed by atoms with Crippen molar-refractivity contribution in [1.82, 2.24) is 4.90 Å². The molecule has 1 aliphatic heterocycles. The lowest BCUT2D eigenvalue weighted by atomic mass is 10.1. The smallest absolute Gasteiger partial charge is 0.292 e. The predicted molar refractivity (Wildman–Crippen MR) is 102 cm³/mol. The van der Waals surface area contributed by atoms with Gasteiger partial charge in [0, 0.05) is 49.9 Å². The predicted octanol–water partition coefficient (Wildman–Crippen LogP) is 3.00. The number of nitro benzene ring substituents is 2. The van der Waals surface area contributed by atoms with Crippen LogP contribution < -0.4 is 4.90 Å². The second kappa shape index (κ2) is 7.44. The molecule has 0 amide bonds. The first-order chi connectivity index (χ1) is 12.5. The minimum absolute atomic E-state index is 0.0257. The standard InChI is InChI=1S/C17H16N4O4S/c22-20(23)14-7-5-13(6-8-14)17(26)19-11-9-18(10-12-19)15-3-1-2-4-16(15)21(24)25/h1-8H,9-12H2. The van der Waals surface area contributed by atoms with Crippen LogP contribution in [-0.2, 0) is 0 Å². The molecule has 2 aromatic rings. The zero-order valence-corrected chi connectivity index (χ0v) is 14.6. The first-order valence-electron chi connectivity index (χ1n) is 7.99. The summed E-state index contributed by atoms with van der Waals surface area (Å²) in [7, 11) is 0. The number of rotatable bonds is 4. The Kier molecular flexibility index (Phi) is 5.08. The molecule has 0 spiro atoms. The van der Waals surface area contributed by atoms with Crippen molar-refractivity contribution >= 4 is 34.3 Å². The molecule has 8 nitrogen and oxygen atoms in total. The summed E-state index contributed by atoms with van der Waals surface area (Å²) in [6, 6.07) is 12.9. The summed E-state index contributed by atoms with van der Waals surface area (Å²) in [6.07, 6.45) is 0. The number of anilines is 1. The third kappa shape index (κ3) is 3.62. The number of hydrogen-bond acceptors (Lipinski definition) is 6. The monoisotopic (exact) mass is 372 g/mol. The Morgan fingerprint density at radius 2 is 1.50 bits per heavy atom. The highest BCUT2D eigenvalue weighted by Gasteiger charge is 2.24. The van der Waals surface area contributed by atoms with E-state index in [1.165, 1.54) is 18.2 Å². The SMILES string of the molecule is O=[N+]([O-])c1ccc(C(=S)N2CCN(c3ccccc3[N+](=O)[O-])CC2)cc1. The second-order valence-electron chi connectivity index (χ2n) is 5.83. The molecule has 0 aromatic heterocycles. The van der Waals surface area contributed by atoms with Crippen molar-refractivity contribution < 1.29 is 9.85 Å². The van der Waals surface area contributed by atoms with Crippen LogP contribution in [0.25, 0.3) is 0 Å². The molecule has 26 heavy (non-hydrogen) atoms. The molecule has 134 valence electrons. The molecule has 3 rings (SSSR count). The van der Waals surface area contributed by atoms with Gasteiger partial charge in [0.05, 0.1) is 9.85 Å². The zero-order valence-electron chi connectivity index (χ0n) is 13.8. The fourth-order valence-electron chi connectivity index (χ4n) is 2.94. The average molecular weight is 372 g/mol. The Hall–Kier alpha value is -3.07. The molecule has 0 saturated carbocycles. The first kappa shape index (κ1) is 17.7. The summed E-state index contributed by atoms with van der Waals surface area (Å²) in [4.78, 5) is 25.7. The van der Waals surface area contributed by atoms with Gasteiger partial charge in [-0.1, -0.05) is 24.4 Å². The van der Waals surface area contributed by atoms with E-state index >= 15 is 0 Å². The minimum Gasteiger partial charge on any atom is -0.362 e. The van der Waals surface area contributed by atoms with Crippen molar-refractivity contribution in [3.63, 3.8) is 0 Å². The number of nitro groups is 2. The van der Waals surface area contributed by atoms with Gasteiger partial charge in [0.25, 0.3) is 11.4 Å². The van der Waals surface area contributed by atoms with Gasteiger partial charge in [-0.3, -0.25) is 20.2 Å². The molecule has 1 saturated heterocycles. The number of non-ortho nitro benzene ring substituents is 1. The van der Waals surface area contributed by atoms with E-state index in [-0.39, 0.29) is 16.3 Å². The van der Waals surface area contributed by atoms with E-state index in [0.717, 1.165) is 5.56 Å². The number of nitrogens with zero attached hydrogens (tertiary/aromatic N) is 4. The molecule has 9 heteroatoms. The Bertz CT molecular complexity index is 848. The molecule has 0 N–H and O–H groups in total. The lowest BCUT2D eigenvalue weighted by Gasteiger charge is -2.37. The van der Waals surface area contributed by atoms with E-state index in [1.54, 1.807) is 30.3 Å². The zero-order chi connectivity index (χ0) is 18.7. The molecule has 2 aromatic carbocycles. The molecular weight excluding hydrogens is 356 g/mol. The fraction of sp³-hybridized carbons (Fsp3) is 0.235. The molecule has 1 fully saturated rings. The number of thiocarbonyl (C=S) groups is 1. The van der Waals surface area contributed by atoms with Crippen LogP contribution in [0.15, 0.2) is 48.5 Å². The van der Waals surface area contributed by atoms with Gasteiger partial charge in [-0.25, -0.2) is 0 Å². The lowest BCUT2D eigenvalue weighted by Crippen LogP contribution is -2.48. The highest BCUT2D eigenvalue weighted by atomic mass is 32.1. The molecule has 0 bridgehead atoms. The topological polar surface area (TPSA) is 92.8 Å². The van der Waals surface area contributed by atoms with Gasteiger partial charge < -0.3 is 9.80 Å². The van der Waals surface area contributed by atoms with Crippen LogP contribution in [0.3, 0.4) is 0 Å². The van der Waals surface area contributed by atoms with Crippen LogP contribution in [0.5, 0.6) is 0 Å². The third-order valence-corrected chi connectivity index (χ3v) is 4.80. The third-order valence-electron chi connectivity index (χ3n) is 4.31. The van der Waals surface area contributed by atoms with Gasteiger partial charge in [-0.15, -0.1) is 0 Å². The molecule has 1 aliphatic rings. The molecule has 0 radical (unpaired) electrons. The highest BCUT2D eigenvalue weighted by molar-refractivity contribution is 7.80. The minimum atomic E-state index is -0.446. The van der Waals surface area contributed by atoms with E-state index in [1.807, 2.05) is 9.80 Å². The Labute approximate surface area is 154 Å². The first-order valence-corrected chi connectivity index (χ1v) is 8.40. The van der Waals surface area contributed by atoms with Crippen LogP contribution in [0, 0.1) is 20.2 Å². The molecular formula is C17H16N4O4S. The molecule has 0 atom stereocenters. The van der Waals surface area contributed by atoms with Crippen LogP contribution in [0.1, 0.15) is 5.56 Å². The summed E-state index contributed by atoms with van der Waals surface area (Å²) in [6.45, 7) is 2.47. The summed E-state index contributed by atoms with van der Waals surface area (Å²) in [5.41, 5.74) is 1.49. The quantitative estimate of drug-likeness (QED) is 0.463. The van der Waals surface area contributed by atoms with E-state index in [9.17, 15) is 20.2 Å². The molecule has 0 unspecified atom stereocenters. The molecule has 1 heterocycles. The van der Waals surface area contributed by atoms with Gasteiger partial charge in [0.2, 0.25) is 0 Å². The largest absolute Gasteiger partial charge is 0.362 e. The summed E-state index contributed by atoms with van der Waals surface area (Å²) in [5, 5.41) is 21.9. The van der Waals surface area contributed by atoms with E-state index in [4.69, 9.17) is 12.2 Å². The molecule has 0 aliphatic carbocycles. The maximum atomic E-state index is 11.2. The maximum absolute atomic E-state index is 11.2. The summed E-state index contributed by atoms with van der Waals surface area (Å²) in [5.74, 6) is 0. The number of hydrogen-bond donors (Lipinski definition) is 0. The van der Waals surface area contributed by atoms with Gasteiger partial charge in [0.15, 0.2) is 0 Å². The normalized spacial score (nSPS) is 14.2. The van der Waals surface area contributed by atoms with Gasteiger partial charge in [-0.05, 0) is 18.2 Å². The van der Waals surface area contributed by atoms with Crippen LogP contribution >= 0.6 is 12.2 Å². The van der Waals surface area contributed by atoms with Crippen molar-refractivity contribution in [2.75, 3.05) is 31.1 Å². The van der Waals surface area contributed by atoms with Crippen molar-refractivity contribution in [3.8, 4) is 0 Å². The second-order valence-corrected chi connectivity index (χ2v) is 6.22. The van der Waals surface area contributed by atoms with E-state index in [2.05, 4.69) is 0 Å².